The van der Waals surface area contributed by atoms with Gasteiger partial charge < -0.3 is 5.73 Å². The van der Waals surface area contributed by atoms with Gasteiger partial charge in [-0.1, -0.05) is 35.9 Å². The molecule has 116 valence electrons. The molecular weight excluding hydrogens is 315 g/mol. The number of amides is 1. The molecule has 0 aliphatic heterocycles. The van der Waals surface area contributed by atoms with Crippen molar-refractivity contribution in [3.8, 4) is 0 Å². The summed E-state index contributed by atoms with van der Waals surface area (Å²) in [5.74, 6) is -0.933. The lowest BCUT2D eigenvalue weighted by molar-refractivity contribution is -0.137. The van der Waals surface area contributed by atoms with Crippen molar-refractivity contribution in [1.29, 1.82) is 0 Å². The van der Waals surface area contributed by atoms with Gasteiger partial charge in [-0.3, -0.25) is 4.79 Å². The van der Waals surface area contributed by atoms with Crippen LogP contribution in [0.3, 0.4) is 0 Å². The third-order valence-electron chi connectivity index (χ3n) is 3.32. The van der Waals surface area contributed by atoms with Gasteiger partial charge in [0.15, 0.2) is 0 Å². The summed E-state index contributed by atoms with van der Waals surface area (Å²) in [6.07, 6.45) is -4.38. The number of carbonyl (C=O) groups is 1. The van der Waals surface area contributed by atoms with E-state index in [4.69, 9.17) is 17.3 Å². The number of alkyl halides is 3. The van der Waals surface area contributed by atoms with E-state index in [9.17, 15) is 18.0 Å². The fourth-order valence-electron chi connectivity index (χ4n) is 2.23. The smallest absolute Gasteiger partial charge is 0.370 e. The Kier molecular flexibility index (Phi) is 4.76. The Morgan fingerprint density at radius 2 is 1.45 bits per heavy atom. The summed E-state index contributed by atoms with van der Waals surface area (Å²) in [4.78, 5) is 11.3. The predicted octanol–water partition coefficient (Wildman–Crippen LogP) is 4.37. The van der Waals surface area contributed by atoms with E-state index in [1.54, 1.807) is 24.3 Å². The molecule has 1 atom stereocenters. The second kappa shape index (κ2) is 6.40. The molecule has 0 bridgehead atoms. The summed E-state index contributed by atoms with van der Waals surface area (Å²) in [5, 5.41) is 0.536. The summed E-state index contributed by atoms with van der Waals surface area (Å²) in [6.45, 7) is 0. The van der Waals surface area contributed by atoms with Crippen LogP contribution in [0.2, 0.25) is 5.02 Å². The van der Waals surface area contributed by atoms with Gasteiger partial charge >= 0.3 is 6.18 Å². The summed E-state index contributed by atoms with van der Waals surface area (Å²) < 4.78 is 37.8. The van der Waals surface area contributed by atoms with Crippen molar-refractivity contribution in [1.82, 2.24) is 0 Å². The maximum Gasteiger partial charge on any atom is 0.416 e. The van der Waals surface area contributed by atoms with Crippen LogP contribution in [0, 0.1) is 0 Å². The first-order chi connectivity index (χ1) is 10.3. The molecule has 0 aromatic heterocycles. The van der Waals surface area contributed by atoms with E-state index in [1.165, 1.54) is 12.1 Å². The fourth-order valence-corrected chi connectivity index (χ4v) is 2.35. The highest BCUT2D eigenvalue weighted by Gasteiger charge is 2.30. The van der Waals surface area contributed by atoms with Gasteiger partial charge in [0, 0.05) is 17.4 Å². The zero-order chi connectivity index (χ0) is 16.3. The van der Waals surface area contributed by atoms with Crippen LogP contribution in [-0.2, 0) is 11.0 Å². The van der Waals surface area contributed by atoms with E-state index in [2.05, 4.69) is 0 Å². The number of halogens is 4. The normalized spacial score (nSPS) is 12.9. The van der Waals surface area contributed by atoms with Crippen LogP contribution < -0.4 is 5.73 Å². The summed E-state index contributed by atoms with van der Waals surface area (Å²) in [7, 11) is 0. The van der Waals surface area contributed by atoms with Gasteiger partial charge in [0.2, 0.25) is 5.91 Å². The van der Waals surface area contributed by atoms with Crippen molar-refractivity contribution in [2.75, 3.05) is 0 Å². The lowest BCUT2D eigenvalue weighted by Gasteiger charge is -2.17. The Morgan fingerprint density at radius 3 is 1.86 bits per heavy atom. The third-order valence-corrected chi connectivity index (χ3v) is 3.57. The first-order valence-electron chi connectivity index (χ1n) is 6.48. The molecule has 6 heteroatoms. The molecule has 0 saturated heterocycles. The Labute approximate surface area is 130 Å². The molecule has 0 fully saturated rings. The van der Waals surface area contributed by atoms with Crippen molar-refractivity contribution in [3.63, 3.8) is 0 Å². The molecule has 2 rings (SSSR count). The number of carbonyl (C=O) groups excluding carboxylic acids is 1. The minimum absolute atomic E-state index is 0.00694. The molecule has 0 aliphatic rings. The monoisotopic (exact) mass is 327 g/mol. The highest BCUT2D eigenvalue weighted by atomic mass is 35.5. The average molecular weight is 328 g/mol. The summed E-state index contributed by atoms with van der Waals surface area (Å²) in [5.41, 5.74) is 5.88. The molecule has 0 spiro atoms. The fraction of sp³-hybridized carbons (Fsp3) is 0.188. The van der Waals surface area contributed by atoms with E-state index in [-0.39, 0.29) is 6.42 Å². The van der Waals surface area contributed by atoms with E-state index in [0.29, 0.717) is 10.6 Å². The van der Waals surface area contributed by atoms with Gasteiger partial charge in [-0.15, -0.1) is 0 Å². The van der Waals surface area contributed by atoms with Gasteiger partial charge in [0.25, 0.3) is 0 Å². The first kappa shape index (κ1) is 16.4. The number of hydrogen-bond donors (Lipinski definition) is 1. The lowest BCUT2D eigenvalue weighted by Crippen LogP contribution is -2.16. The summed E-state index contributed by atoms with van der Waals surface area (Å²) >= 11 is 5.82. The molecule has 2 nitrogen and oxygen atoms in total. The van der Waals surface area contributed by atoms with Crippen molar-refractivity contribution in [2.24, 2.45) is 5.73 Å². The number of primary amides is 1. The van der Waals surface area contributed by atoms with Crippen LogP contribution in [0.4, 0.5) is 13.2 Å². The number of benzene rings is 2. The van der Waals surface area contributed by atoms with E-state index in [0.717, 1.165) is 17.7 Å². The topological polar surface area (TPSA) is 43.1 Å². The third kappa shape index (κ3) is 4.01. The summed E-state index contributed by atoms with van der Waals surface area (Å²) in [6, 6.07) is 11.5. The minimum atomic E-state index is -4.39. The van der Waals surface area contributed by atoms with Crippen LogP contribution >= 0.6 is 11.6 Å². The number of nitrogens with two attached hydrogens (primary N) is 1. The molecule has 1 unspecified atom stereocenters. The maximum absolute atomic E-state index is 12.6. The highest BCUT2D eigenvalue weighted by molar-refractivity contribution is 6.30. The molecule has 2 N–H and O–H groups in total. The quantitative estimate of drug-likeness (QED) is 0.890. The second-order valence-electron chi connectivity index (χ2n) is 4.89. The number of hydrogen-bond acceptors (Lipinski definition) is 1. The lowest BCUT2D eigenvalue weighted by atomic mass is 9.88. The van der Waals surface area contributed by atoms with E-state index < -0.39 is 23.6 Å². The standard InChI is InChI=1S/C16H13ClF3NO/c17-13-7-3-11(4-8-13)14(9-15(21)22)10-1-5-12(6-2-10)16(18,19)20/h1-8,14H,9H2,(H2,21,22). The Bertz CT molecular complexity index is 651. The number of rotatable bonds is 4. The molecule has 2 aromatic rings. The van der Waals surface area contributed by atoms with Gasteiger partial charge in [-0.05, 0) is 35.4 Å². The minimum Gasteiger partial charge on any atom is -0.370 e. The van der Waals surface area contributed by atoms with Crippen molar-refractivity contribution < 1.29 is 18.0 Å². The highest BCUT2D eigenvalue weighted by Crippen LogP contribution is 2.33. The van der Waals surface area contributed by atoms with E-state index in [1.807, 2.05) is 0 Å². The molecule has 0 saturated carbocycles. The van der Waals surface area contributed by atoms with Crippen molar-refractivity contribution >= 4 is 17.5 Å². The first-order valence-corrected chi connectivity index (χ1v) is 6.86. The zero-order valence-electron chi connectivity index (χ0n) is 11.4. The van der Waals surface area contributed by atoms with Gasteiger partial charge in [-0.2, -0.15) is 13.2 Å². The zero-order valence-corrected chi connectivity index (χ0v) is 12.2. The van der Waals surface area contributed by atoms with E-state index >= 15 is 0 Å². The van der Waals surface area contributed by atoms with Gasteiger partial charge in [-0.25, -0.2) is 0 Å². The van der Waals surface area contributed by atoms with Crippen molar-refractivity contribution in [3.05, 3.63) is 70.2 Å². The van der Waals surface area contributed by atoms with Gasteiger partial charge in [0.1, 0.15) is 0 Å². The largest absolute Gasteiger partial charge is 0.416 e. The van der Waals surface area contributed by atoms with Crippen LogP contribution in [0.25, 0.3) is 0 Å². The van der Waals surface area contributed by atoms with Crippen LogP contribution in [-0.4, -0.2) is 5.91 Å². The SMILES string of the molecule is NC(=O)CC(c1ccc(Cl)cc1)c1ccc(C(F)(F)F)cc1. The molecule has 1 amide bonds. The average Bonchev–Trinajstić information content (AvgIpc) is 2.45. The Morgan fingerprint density at radius 1 is 1.00 bits per heavy atom. The van der Waals surface area contributed by atoms with Gasteiger partial charge in [0.05, 0.1) is 5.56 Å². The Balaban J connectivity index is 2.37. The van der Waals surface area contributed by atoms with Crippen molar-refractivity contribution in [2.45, 2.75) is 18.5 Å². The van der Waals surface area contributed by atoms with Crippen LogP contribution in [0.15, 0.2) is 48.5 Å². The van der Waals surface area contributed by atoms with Crippen LogP contribution in [0.5, 0.6) is 0 Å². The molecule has 2 aromatic carbocycles. The van der Waals surface area contributed by atoms with Crippen LogP contribution in [0.1, 0.15) is 29.0 Å². The Hall–Kier alpha value is -2.01. The molecule has 0 heterocycles. The molecule has 0 aliphatic carbocycles. The molecule has 0 radical (unpaired) electrons. The molecule has 22 heavy (non-hydrogen) atoms. The molecular formula is C16H13ClF3NO. The second-order valence-corrected chi connectivity index (χ2v) is 5.33. The maximum atomic E-state index is 12.6. The predicted molar refractivity (Wildman–Crippen MR) is 78.6 cm³/mol.